The van der Waals surface area contributed by atoms with Crippen molar-refractivity contribution < 1.29 is 9.32 Å². The number of H-pyrrole nitrogens is 1. The molecular formula is C21H27N5O2. The molecule has 0 spiro atoms. The zero-order valence-electron chi connectivity index (χ0n) is 16.7. The molecule has 4 rings (SSSR count). The van der Waals surface area contributed by atoms with Crippen molar-refractivity contribution in [2.24, 2.45) is 5.92 Å². The van der Waals surface area contributed by atoms with Gasteiger partial charge >= 0.3 is 0 Å². The molecule has 1 amide bonds. The van der Waals surface area contributed by atoms with E-state index in [9.17, 15) is 4.79 Å². The van der Waals surface area contributed by atoms with Gasteiger partial charge in [0.15, 0.2) is 5.82 Å². The highest BCUT2D eigenvalue weighted by Crippen LogP contribution is 2.26. The van der Waals surface area contributed by atoms with Crippen LogP contribution in [0, 0.1) is 12.8 Å². The second-order valence-electron chi connectivity index (χ2n) is 7.97. The van der Waals surface area contributed by atoms with Crippen molar-refractivity contribution in [3.63, 3.8) is 0 Å². The molecule has 1 aliphatic rings. The minimum atomic E-state index is -0.0794. The minimum absolute atomic E-state index is 0.0455. The average molecular weight is 381 g/mol. The second kappa shape index (κ2) is 7.75. The lowest BCUT2D eigenvalue weighted by Crippen LogP contribution is -2.39. The molecule has 1 fully saturated rings. The number of amides is 1. The van der Waals surface area contributed by atoms with Crippen LogP contribution in [-0.2, 0) is 0 Å². The molecule has 1 aliphatic heterocycles. The van der Waals surface area contributed by atoms with Crippen molar-refractivity contribution in [1.82, 2.24) is 24.9 Å². The van der Waals surface area contributed by atoms with Crippen LogP contribution in [0.3, 0.4) is 0 Å². The summed E-state index contributed by atoms with van der Waals surface area (Å²) in [6.07, 6.45) is 2.81. The van der Waals surface area contributed by atoms with Gasteiger partial charge in [-0.1, -0.05) is 25.1 Å². The first kappa shape index (κ1) is 18.7. The van der Waals surface area contributed by atoms with Crippen LogP contribution in [0.2, 0.25) is 0 Å². The van der Waals surface area contributed by atoms with Crippen LogP contribution in [0.15, 0.2) is 35.0 Å². The van der Waals surface area contributed by atoms with Gasteiger partial charge in [0, 0.05) is 43.5 Å². The van der Waals surface area contributed by atoms with Gasteiger partial charge < -0.3 is 14.4 Å². The number of carbonyl (C=O) groups is 1. The van der Waals surface area contributed by atoms with E-state index in [1.165, 1.54) is 0 Å². The molecule has 1 N–H and O–H groups in total. The molecule has 1 saturated heterocycles. The van der Waals surface area contributed by atoms with Crippen LogP contribution in [0.4, 0.5) is 0 Å². The molecule has 2 aromatic heterocycles. The summed E-state index contributed by atoms with van der Waals surface area (Å²) in [5.41, 5.74) is 1.68. The standard InChI is InChI=1S/C21H27N5O2/c1-14(2)12-25-9-4-10-26(13-19(25)20-23-15(3)24-28-20)21(27)17-6-5-16-7-8-22-18(16)11-17/h5-8,11,14,19,22H,4,9-10,12-13H2,1-3H3. The summed E-state index contributed by atoms with van der Waals surface area (Å²) in [5.74, 6) is 1.78. The summed E-state index contributed by atoms with van der Waals surface area (Å²) >= 11 is 0. The summed E-state index contributed by atoms with van der Waals surface area (Å²) in [5, 5.41) is 5.08. The van der Waals surface area contributed by atoms with Crippen LogP contribution in [0.1, 0.15) is 48.4 Å². The van der Waals surface area contributed by atoms with Crippen molar-refractivity contribution in [1.29, 1.82) is 0 Å². The highest BCUT2D eigenvalue weighted by molar-refractivity contribution is 5.98. The highest BCUT2D eigenvalue weighted by Gasteiger charge is 2.32. The number of aromatic nitrogens is 3. The molecule has 7 heteroatoms. The molecule has 0 radical (unpaired) electrons. The number of aryl methyl sites for hydroxylation is 1. The first-order chi connectivity index (χ1) is 13.5. The lowest BCUT2D eigenvalue weighted by Gasteiger charge is -2.30. The van der Waals surface area contributed by atoms with Crippen molar-refractivity contribution in [2.75, 3.05) is 26.2 Å². The molecule has 1 aromatic carbocycles. The Labute approximate surface area is 164 Å². The van der Waals surface area contributed by atoms with Gasteiger partial charge in [-0.25, -0.2) is 0 Å². The Morgan fingerprint density at radius 2 is 2.18 bits per heavy atom. The topological polar surface area (TPSA) is 78.3 Å². The number of nitrogens with zero attached hydrogens (tertiary/aromatic N) is 4. The summed E-state index contributed by atoms with van der Waals surface area (Å²) in [6.45, 7) is 9.35. The summed E-state index contributed by atoms with van der Waals surface area (Å²) in [6, 6.07) is 7.75. The molecule has 0 bridgehead atoms. The van der Waals surface area contributed by atoms with Crippen LogP contribution in [0.5, 0.6) is 0 Å². The van der Waals surface area contributed by atoms with Gasteiger partial charge in [0.1, 0.15) is 6.04 Å². The lowest BCUT2D eigenvalue weighted by atomic mass is 10.1. The van der Waals surface area contributed by atoms with E-state index in [0.717, 1.165) is 37.0 Å². The first-order valence-corrected chi connectivity index (χ1v) is 9.92. The van der Waals surface area contributed by atoms with Crippen LogP contribution < -0.4 is 0 Å². The molecule has 148 valence electrons. The molecule has 3 heterocycles. The second-order valence-corrected chi connectivity index (χ2v) is 7.97. The molecule has 0 saturated carbocycles. The quantitative estimate of drug-likeness (QED) is 0.749. The van der Waals surface area contributed by atoms with E-state index in [-0.39, 0.29) is 11.9 Å². The maximum absolute atomic E-state index is 13.3. The van der Waals surface area contributed by atoms with Crippen molar-refractivity contribution >= 4 is 16.8 Å². The number of rotatable bonds is 4. The zero-order chi connectivity index (χ0) is 19.7. The van der Waals surface area contributed by atoms with Gasteiger partial charge in [0.25, 0.3) is 5.91 Å². The van der Waals surface area contributed by atoms with Gasteiger partial charge in [-0.15, -0.1) is 0 Å². The molecule has 7 nitrogen and oxygen atoms in total. The summed E-state index contributed by atoms with van der Waals surface area (Å²) in [4.78, 5) is 25.2. The highest BCUT2D eigenvalue weighted by atomic mass is 16.5. The van der Waals surface area contributed by atoms with E-state index < -0.39 is 0 Å². The van der Waals surface area contributed by atoms with Crippen molar-refractivity contribution in [3.05, 3.63) is 47.7 Å². The van der Waals surface area contributed by atoms with E-state index in [2.05, 4.69) is 33.9 Å². The van der Waals surface area contributed by atoms with Crippen LogP contribution >= 0.6 is 0 Å². The maximum Gasteiger partial charge on any atom is 0.253 e. The monoisotopic (exact) mass is 381 g/mol. The number of aromatic amines is 1. The smallest absolute Gasteiger partial charge is 0.253 e. The zero-order valence-corrected chi connectivity index (χ0v) is 16.7. The maximum atomic E-state index is 13.3. The first-order valence-electron chi connectivity index (χ1n) is 9.92. The third kappa shape index (κ3) is 3.80. The Balaban J connectivity index is 1.61. The van der Waals surface area contributed by atoms with E-state index >= 15 is 0 Å². The summed E-state index contributed by atoms with van der Waals surface area (Å²) < 4.78 is 5.51. The third-order valence-electron chi connectivity index (χ3n) is 5.22. The Morgan fingerprint density at radius 1 is 1.32 bits per heavy atom. The van der Waals surface area contributed by atoms with E-state index in [1.807, 2.05) is 42.3 Å². The fourth-order valence-corrected chi connectivity index (χ4v) is 3.95. The Hall–Kier alpha value is -2.67. The summed E-state index contributed by atoms with van der Waals surface area (Å²) in [7, 11) is 0. The van der Waals surface area contributed by atoms with Gasteiger partial charge in [-0.05, 0) is 42.8 Å². The molecular weight excluding hydrogens is 354 g/mol. The van der Waals surface area contributed by atoms with Gasteiger partial charge in [0.05, 0.1) is 0 Å². The fraction of sp³-hybridized carbons (Fsp3) is 0.476. The number of fused-ring (bicyclic) bond motifs is 1. The molecule has 1 unspecified atom stereocenters. The lowest BCUT2D eigenvalue weighted by molar-refractivity contribution is 0.0709. The fourth-order valence-electron chi connectivity index (χ4n) is 3.95. The minimum Gasteiger partial charge on any atom is -0.361 e. The van der Waals surface area contributed by atoms with E-state index in [0.29, 0.717) is 29.7 Å². The van der Waals surface area contributed by atoms with Crippen LogP contribution in [-0.4, -0.2) is 57.0 Å². The van der Waals surface area contributed by atoms with E-state index in [1.54, 1.807) is 0 Å². The Kier molecular flexibility index (Phi) is 5.17. The van der Waals surface area contributed by atoms with Gasteiger partial charge in [0.2, 0.25) is 5.89 Å². The predicted molar refractivity (Wildman–Crippen MR) is 107 cm³/mol. The normalized spacial score (nSPS) is 18.7. The third-order valence-corrected chi connectivity index (χ3v) is 5.22. The number of benzene rings is 1. The Morgan fingerprint density at radius 3 is 2.93 bits per heavy atom. The largest absolute Gasteiger partial charge is 0.361 e. The number of hydrogen-bond donors (Lipinski definition) is 1. The van der Waals surface area contributed by atoms with Crippen LogP contribution in [0.25, 0.3) is 10.9 Å². The predicted octanol–water partition coefficient (Wildman–Crippen LogP) is 3.40. The molecule has 3 aromatic rings. The number of nitrogens with one attached hydrogen (secondary N) is 1. The number of hydrogen-bond acceptors (Lipinski definition) is 5. The molecule has 28 heavy (non-hydrogen) atoms. The molecule has 0 aliphatic carbocycles. The van der Waals surface area contributed by atoms with Gasteiger partial charge in [-0.3, -0.25) is 9.69 Å². The number of carbonyl (C=O) groups excluding carboxylic acids is 1. The Bertz CT molecular complexity index is 961. The SMILES string of the molecule is Cc1noc(C2CN(C(=O)c3ccc4cc[nH]c4c3)CCCN2CC(C)C)n1. The van der Waals surface area contributed by atoms with E-state index in [4.69, 9.17) is 4.52 Å². The van der Waals surface area contributed by atoms with Crippen molar-refractivity contribution in [3.8, 4) is 0 Å². The molecule has 1 atom stereocenters. The van der Waals surface area contributed by atoms with Gasteiger partial charge in [-0.2, -0.15) is 4.98 Å². The van der Waals surface area contributed by atoms with Crippen molar-refractivity contribution in [2.45, 2.75) is 33.2 Å². The average Bonchev–Trinajstić information content (AvgIpc) is 3.26.